The molecule has 5 nitrogen and oxygen atoms in total. The third kappa shape index (κ3) is 7.53. The second kappa shape index (κ2) is 13.2. The number of aromatic nitrogens is 1. The van der Waals surface area contributed by atoms with Gasteiger partial charge in [0.2, 0.25) is 0 Å². The molecule has 3 heterocycles. The average molecular weight is 509 g/mol. The number of likely N-dealkylation sites (tertiary alicyclic amines) is 1. The maximum absolute atomic E-state index is 11.3. The topological polar surface area (TPSA) is 62.7 Å². The predicted molar refractivity (Wildman–Crippen MR) is 148 cm³/mol. The standard InChI is InChI=1S/C30H40N2O3S/c1-22-9-12-27(36-22)8-3-4-18-32-19-16-23(25(21-32)10-14-30(33)34)6-5-7-24-15-17-31-29-13-11-26(35-2)20-28(24)29/h9,11-13,15,17,20,23,25H,3-8,10,14,16,18-19,21H2,1-2H3,(H,33,34). The van der Waals surface area contributed by atoms with E-state index in [-0.39, 0.29) is 6.42 Å². The smallest absolute Gasteiger partial charge is 0.303 e. The van der Waals surface area contributed by atoms with Crippen molar-refractivity contribution in [1.82, 2.24) is 9.88 Å². The fourth-order valence-corrected chi connectivity index (χ4v) is 6.64. The normalized spacial score (nSPS) is 18.5. The summed E-state index contributed by atoms with van der Waals surface area (Å²) in [5.74, 6) is 1.28. The van der Waals surface area contributed by atoms with E-state index in [1.54, 1.807) is 7.11 Å². The van der Waals surface area contributed by atoms with Crippen molar-refractivity contribution in [3.05, 3.63) is 57.9 Å². The van der Waals surface area contributed by atoms with E-state index < -0.39 is 5.97 Å². The average Bonchev–Trinajstić information content (AvgIpc) is 3.30. The summed E-state index contributed by atoms with van der Waals surface area (Å²) in [6.07, 6.45) is 11.1. The van der Waals surface area contributed by atoms with Gasteiger partial charge in [0.1, 0.15) is 5.75 Å². The molecule has 1 N–H and O–H groups in total. The highest BCUT2D eigenvalue weighted by Crippen LogP contribution is 2.32. The van der Waals surface area contributed by atoms with E-state index in [4.69, 9.17) is 4.74 Å². The summed E-state index contributed by atoms with van der Waals surface area (Å²) in [6.45, 7) is 5.49. The SMILES string of the molecule is COc1ccc2nccc(CCCC3CCN(CCCCc4ccc(C)s4)CC3CCC(=O)O)c2c1. The summed E-state index contributed by atoms with van der Waals surface area (Å²) in [4.78, 5) is 21.3. The number of unbranched alkanes of at least 4 members (excludes halogenated alkanes) is 1. The molecule has 4 rings (SSSR count). The highest BCUT2D eigenvalue weighted by atomic mass is 32.1. The molecular formula is C30H40N2O3S. The van der Waals surface area contributed by atoms with Crippen LogP contribution < -0.4 is 4.74 Å². The maximum atomic E-state index is 11.3. The summed E-state index contributed by atoms with van der Waals surface area (Å²) >= 11 is 1.91. The van der Waals surface area contributed by atoms with Gasteiger partial charge in [-0.2, -0.15) is 0 Å². The molecule has 6 heteroatoms. The van der Waals surface area contributed by atoms with Gasteiger partial charge in [-0.05, 0) is 125 Å². The van der Waals surface area contributed by atoms with E-state index in [0.717, 1.165) is 56.6 Å². The number of hydrogen-bond donors (Lipinski definition) is 1. The van der Waals surface area contributed by atoms with E-state index >= 15 is 0 Å². The van der Waals surface area contributed by atoms with Gasteiger partial charge < -0.3 is 14.7 Å². The van der Waals surface area contributed by atoms with Crippen LogP contribution in [0.3, 0.4) is 0 Å². The second-order valence-electron chi connectivity index (χ2n) is 10.3. The fraction of sp³-hybridized carbons (Fsp3) is 0.533. The van der Waals surface area contributed by atoms with Crippen LogP contribution in [0.1, 0.15) is 60.3 Å². The van der Waals surface area contributed by atoms with Crippen LogP contribution in [0.5, 0.6) is 5.75 Å². The Kier molecular flexibility index (Phi) is 9.76. The zero-order chi connectivity index (χ0) is 25.3. The van der Waals surface area contributed by atoms with Crippen molar-refractivity contribution in [3.8, 4) is 5.75 Å². The summed E-state index contributed by atoms with van der Waals surface area (Å²) < 4.78 is 5.43. The van der Waals surface area contributed by atoms with Gasteiger partial charge >= 0.3 is 5.97 Å². The van der Waals surface area contributed by atoms with Gasteiger partial charge in [-0.25, -0.2) is 0 Å². The van der Waals surface area contributed by atoms with Gasteiger partial charge in [-0.3, -0.25) is 9.78 Å². The number of benzene rings is 1. The minimum absolute atomic E-state index is 0.279. The van der Waals surface area contributed by atoms with Crippen LogP contribution in [0.4, 0.5) is 0 Å². The summed E-state index contributed by atoms with van der Waals surface area (Å²) in [6, 6.07) is 12.7. The summed E-state index contributed by atoms with van der Waals surface area (Å²) in [5.41, 5.74) is 2.33. The number of ether oxygens (including phenoxy) is 1. The molecule has 36 heavy (non-hydrogen) atoms. The quantitative estimate of drug-likeness (QED) is 0.258. The van der Waals surface area contributed by atoms with Crippen LogP contribution in [-0.4, -0.2) is 47.7 Å². The van der Waals surface area contributed by atoms with Crippen LogP contribution in [0.2, 0.25) is 0 Å². The Hall–Kier alpha value is -2.44. The molecule has 2 atom stereocenters. The third-order valence-corrected chi connectivity index (χ3v) is 8.77. The molecule has 0 radical (unpaired) electrons. The van der Waals surface area contributed by atoms with Crippen molar-refractivity contribution in [1.29, 1.82) is 0 Å². The molecule has 1 aliphatic rings. The number of rotatable bonds is 13. The lowest BCUT2D eigenvalue weighted by Gasteiger charge is -2.39. The molecule has 2 aromatic heterocycles. The Morgan fingerprint density at radius 1 is 1.11 bits per heavy atom. The number of carbonyl (C=O) groups is 1. The summed E-state index contributed by atoms with van der Waals surface area (Å²) in [7, 11) is 1.70. The zero-order valence-corrected chi connectivity index (χ0v) is 22.6. The second-order valence-corrected chi connectivity index (χ2v) is 11.6. The number of fused-ring (bicyclic) bond motifs is 1. The number of methoxy groups -OCH3 is 1. The van der Waals surface area contributed by atoms with Crippen molar-refractivity contribution in [2.24, 2.45) is 11.8 Å². The lowest BCUT2D eigenvalue weighted by Crippen LogP contribution is -2.41. The van der Waals surface area contributed by atoms with Gasteiger partial charge in [0, 0.05) is 34.3 Å². The Labute approximate surface area is 219 Å². The van der Waals surface area contributed by atoms with Crippen LogP contribution in [-0.2, 0) is 17.6 Å². The lowest BCUT2D eigenvalue weighted by atomic mass is 9.79. The molecule has 0 saturated carbocycles. The number of piperidine rings is 1. The van der Waals surface area contributed by atoms with Crippen molar-refractivity contribution >= 4 is 28.2 Å². The van der Waals surface area contributed by atoms with Crippen LogP contribution in [0, 0.1) is 18.8 Å². The molecule has 0 spiro atoms. The van der Waals surface area contributed by atoms with Crippen LogP contribution in [0.25, 0.3) is 10.9 Å². The van der Waals surface area contributed by atoms with E-state index in [9.17, 15) is 9.90 Å². The van der Waals surface area contributed by atoms with E-state index in [2.05, 4.69) is 41.1 Å². The highest BCUT2D eigenvalue weighted by molar-refractivity contribution is 7.11. The Balaban J connectivity index is 1.28. The molecule has 0 aliphatic carbocycles. The molecule has 2 unspecified atom stereocenters. The number of thiophene rings is 1. The van der Waals surface area contributed by atoms with Gasteiger partial charge in [0.25, 0.3) is 0 Å². The van der Waals surface area contributed by atoms with Crippen molar-refractivity contribution in [3.63, 3.8) is 0 Å². The number of aryl methyl sites for hydroxylation is 3. The number of pyridine rings is 1. The Morgan fingerprint density at radius 3 is 2.78 bits per heavy atom. The van der Waals surface area contributed by atoms with Crippen LogP contribution in [0.15, 0.2) is 42.6 Å². The van der Waals surface area contributed by atoms with E-state index in [1.807, 2.05) is 29.7 Å². The number of carboxylic acids is 1. The first-order valence-corrected chi connectivity index (χ1v) is 14.2. The molecule has 0 bridgehead atoms. The number of aliphatic carboxylic acids is 1. The van der Waals surface area contributed by atoms with Crippen molar-refractivity contribution < 1.29 is 14.6 Å². The molecule has 3 aromatic rings. The van der Waals surface area contributed by atoms with Gasteiger partial charge in [0.05, 0.1) is 12.6 Å². The third-order valence-electron chi connectivity index (χ3n) is 7.71. The minimum Gasteiger partial charge on any atom is -0.497 e. The first-order valence-electron chi connectivity index (χ1n) is 13.4. The monoisotopic (exact) mass is 508 g/mol. The molecule has 1 aromatic carbocycles. The minimum atomic E-state index is -0.672. The molecule has 0 amide bonds. The van der Waals surface area contributed by atoms with E-state index in [1.165, 1.54) is 46.4 Å². The number of hydrogen-bond acceptors (Lipinski definition) is 5. The molecule has 1 saturated heterocycles. The molecule has 1 fully saturated rings. The number of nitrogens with zero attached hydrogens (tertiary/aromatic N) is 2. The maximum Gasteiger partial charge on any atom is 0.303 e. The molecule has 194 valence electrons. The summed E-state index contributed by atoms with van der Waals surface area (Å²) in [5, 5.41) is 10.5. The lowest BCUT2D eigenvalue weighted by molar-refractivity contribution is -0.137. The predicted octanol–water partition coefficient (Wildman–Crippen LogP) is 6.76. The zero-order valence-electron chi connectivity index (χ0n) is 21.7. The highest BCUT2D eigenvalue weighted by Gasteiger charge is 2.29. The first kappa shape index (κ1) is 26.6. The Bertz CT molecular complexity index is 1130. The number of carboxylic acid groups (broad SMARTS) is 1. The molecule has 1 aliphatic heterocycles. The molecular weight excluding hydrogens is 468 g/mol. The van der Waals surface area contributed by atoms with Gasteiger partial charge in [-0.15, -0.1) is 11.3 Å². The van der Waals surface area contributed by atoms with Gasteiger partial charge in [0.15, 0.2) is 0 Å². The first-order chi connectivity index (χ1) is 17.5. The van der Waals surface area contributed by atoms with Crippen LogP contribution >= 0.6 is 11.3 Å². The van der Waals surface area contributed by atoms with Gasteiger partial charge in [-0.1, -0.05) is 0 Å². The van der Waals surface area contributed by atoms with Crippen molar-refractivity contribution in [2.45, 2.75) is 64.7 Å². The largest absolute Gasteiger partial charge is 0.497 e. The Morgan fingerprint density at radius 2 is 2.00 bits per heavy atom. The van der Waals surface area contributed by atoms with E-state index in [0.29, 0.717) is 11.8 Å². The fourth-order valence-electron chi connectivity index (χ4n) is 5.71. The van der Waals surface area contributed by atoms with Crippen molar-refractivity contribution in [2.75, 3.05) is 26.7 Å².